The molecule has 5 nitrogen and oxygen atoms in total. The Morgan fingerprint density at radius 3 is 2.58 bits per heavy atom. The van der Waals surface area contributed by atoms with Crippen LogP contribution in [0.3, 0.4) is 0 Å². The van der Waals surface area contributed by atoms with Crippen molar-refractivity contribution in [2.75, 3.05) is 38.0 Å². The summed E-state index contributed by atoms with van der Waals surface area (Å²) in [6, 6.07) is 11.4. The molecule has 2 amide bonds. The van der Waals surface area contributed by atoms with Crippen LogP contribution in [-0.4, -0.2) is 54.3 Å². The normalized spacial score (nSPS) is 15.3. The number of amides is 2. The van der Waals surface area contributed by atoms with Crippen LogP contribution in [0.4, 0.5) is 10.5 Å². The Hall–Kier alpha value is -2.18. The summed E-state index contributed by atoms with van der Waals surface area (Å²) in [7, 11) is 0. The van der Waals surface area contributed by atoms with Gasteiger partial charge in [0.15, 0.2) is 5.78 Å². The SMILES string of the molecule is Cc1cccc(NC(=O)N2CCN(CC(=O)c3cccs3)CC2)c1. The van der Waals surface area contributed by atoms with Crippen LogP contribution < -0.4 is 5.32 Å². The van der Waals surface area contributed by atoms with Crippen molar-refractivity contribution in [3.63, 3.8) is 0 Å². The van der Waals surface area contributed by atoms with Crippen molar-refractivity contribution in [3.05, 3.63) is 52.2 Å². The highest BCUT2D eigenvalue weighted by molar-refractivity contribution is 7.12. The molecule has 1 fully saturated rings. The lowest BCUT2D eigenvalue weighted by Crippen LogP contribution is -2.51. The third kappa shape index (κ3) is 4.21. The van der Waals surface area contributed by atoms with Crippen LogP contribution in [0, 0.1) is 6.92 Å². The number of anilines is 1. The van der Waals surface area contributed by atoms with Crippen LogP contribution in [0.1, 0.15) is 15.2 Å². The molecule has 0 unspecified atom stereocenters. The van der Waals surface area contributed by atoms with Crippen molar-refractivity contribution < 1.29 is 9.59 Å². The second kappa shape index (κ2) is 7.59. The second-order valence-electron chi connectivity index (χ2n) is 5.96. The first kappa shape index (κ1) is 16.7. The van der Waals surface area contributed by atoms with Crippen LogP contribution in [0.2, 0.25) is 0 Å². The predicted octanol–water partition coefficient (Wildman–Crippen LogP) is 3.09. The minimum absolute atomic E-state index is 0.0789. The van der Waals surface area contributed by atoms with Gasteiger partial charge in [-0.3, -0.25) is 9.69 Å². The number of hydrogen-bond donors (Lipinski definition) is 1. The predicted molar refractivity (Wildman–Crippen MR) is 96.9 cm³/mol. The molecule has 126 valence electrons. The molecule has 1 saturated heterocycles. The monoisotopic (exact) mass is 343 g/mol. The molecule has 2 aromatic rings. The van der Waals surface area contributed by atoms with E-state index in [9.17, 15) is 9.59 Å². The average Bonchev–Trinajstić information content (AvgIpc) is 3.10. The topological polar surface area (TPSA) is 52.7 Å². The van der Waals surface area contributed by atoms with E-state index in [1.54, 1.807) is 4.90 Å². The highest BCUT2D eigenvalue weighted by Crippen LogP contribution is 2.13. The Morgan fingerprint density at radius 1 is 1.12 bits per heavy atom. The zero-order valence-corrected chi connectivity index (χ0v) is 14.5. The first-order valence-corrected chi connectivity index (χ1v) is 8.91. The van der Waals surface area contributed by atoms with Gasteiger partial charge in [-0.05, 0) is 36.1 Å². The van der Waals surface area contributed by atoms with E-state index in [0.29, 0.717) is 19.6 Å². The average molecular weight is 343 g/mol. The molecule has 2 heterocycles. The number of aryl methyl sites for hydroxylation is 1. The van der Waals surface area contributed by atoms with Gasteiger partial charge in [-0.1, -0.05) is 18.2 Å². The maximum atomic E-state index is 12.3. The molecule has 1 N–H and O–H groups in total. The van der Waals surface area contributed by atoms with Crippen molar-refractivity contribution in [2.24, 2.45) is 0 Å². The van der Waals surface area contributed by atoms with E-state index in [1.165, 1.54) is 11.3 Å². The van der Waals surface area contributed by atoms with Crippen LogP contribution in [-0.2, 0) is 0 Å². The fourth-order valence-corrected chi connectivity index (χ4v) is 3.41. The lowest BCUT2D eigenvalue weighted by Gasteiger charge is -2.34. The number of carbonyl (C=O) groups excluding carboxylic acids is 2. The van der Waals surface area contributed by atoms with Crippen molar-refractivity contribution in [1.29, 1.82) is 0 Å². The van der Waals surface area contributed by atoms with Gasteiger partial charge < -0.3 is 10.2 Å². The minimum atomic E-state index is -0.0789. The number of rotatable bonds is 4. The largest absolute Gasteiger partial charge is 0.322 e. The highest BCUT2D eigenvalue weighted by Gasteiger charge is 2.23. The summed E-state index contributed by atoms with van der Waals surface area (Å²) in [6.45, 7) is 5.13. The van der Waals surface area contributed by atoms with E-state index < -0.39 is 0 Å². The molecular formula is C18H21N3O2S. The van der Waals surface area contributed by atoms with Crippen LogP contribution >= 0.6 is 11.3 Å². The Labute approximate surface area is 145 Å². The fraction of sp³-hybridized carbons (Fsp3) is 0.333. The maximum absolute atomic E-state index is 12.3. The lowest BCUT2D eigenvalue weighted by atomic mass is 10.2. The Bertz CT molecular complexity index is 707. The molecule has 6 heteroatoms. The number of nitrogens with one attached hydrogen (secondary N) is 1. The van der Waals surface area contributed by atoms with Gasteiger partial charge in [-0.15, -0.1) is 11.3 Å². The Kier molecular flexibility index (Phi) is 5.27. The Morgan fingerprint density at radius 2 is 1.92 bits per heavy atom. The smallest absolute Gasteiger partial charge is 0.321 e. The van der Waals surface area contributed by atoms with Crippen LogP contribution in [0.25, 0.3) is 0 Å². The van der Waals surface area contributed by atoms with Crippen molar-refractivity contribution in [2.45, 2.75) is 6.92 Å². The number of ketones is 1. The number of benzene rings is 1. The van der Waals surface area contributed by atoms with E-state index in [-0.39, 0.29) is 11.8 Å². The summed E-state index contributed by atoms with van der Waals surface area (Å²) < 4.78 is 0. The van der Waals surface area contributed by atoms with Gasteiger partial charge in [0, 0.05) is 31.9 Å². The summed E-state index contributed by atoms with van der Waals surface area (Å²) in [5, 5.41) is 4.85. The van der Waals surface area contributed by atoms with Gasteiger partial charge in [0.2, 0.25) is 0 Å². The quantitative estimate of drug-likeness (QED) is 0.868. The molecule has 1 aliphatic rings. The number of carbonyl (C=O) groups is 2. The Balaban J connectivity index is 1.48. The summed E-state index contributed by atoms with van der Waals surface area (Å²) in [4.78, 5) is 29.2. The van der Waals surface area contributed by atoms with Crippen LogP contribution in [0.5, 0.6) is 0 Å². The summed E-state index contributed by atoms with van der Waals surface area (Å²) in [6.07, 6.45) is 0. The van der Waals surface area contributed by atoms with Gasteiger partial charge >= 0.3 is 6.03 Å². The summed E-state index contributed by atoms with van der Waals surface area (Å²) in [5.41, 5.74) is 1.93. The number of hydrogen-bond acceptors (Lipinski definition) is 4. The fourth-order valence-electron chi connectivity index (χ4n) is 2.75. The number of piperazine rings is 1. The highest BCUT2D eigenvalue weighted by atomic mass is 32.1. The molecule has 0 atom stereocenters. The third-order valence-corrected chi connectivity index (χ3v) is 5.00. The molecule has 1 aliphatic heterocycles. The molecule has 0 bridgehead atoms. The molecule has 0 spiro atoms. The molecule has 3 rings (SSSR count). The van der Waals surface area contributed by atoms with Crippen molar-refractivity contribution >= 4 is 28.8 Å². The summed E-state index contributed by atoms with van der Waals surface area (Å²) in [5.74, 6) is 0.155. The first-order valence-electron chi connectivity index (χ1n) is 8.03. The zero-order chi connectivity index (χ0) is 16.9. The number of urea groups is 1. The number of nitrogens with zero attached hydrogens (tertiary/aromatic N) is 2. The van der Waals surface area contributed by atoms with Gasteiger partial charge in [0.1, 0.15) is 0 Å². The molecule has 0 radical (unpaired) electrons. The molecule has 24 heavy (non-hydrogen) atoms. The van der Waals surface area contributed by atoms with Gasteiger partial charge in [-0.2, -0.15) is 0 Å². The van der Waals surface area contributed by atoms with Gasteiger partial charge in [0.05, 0.1) is 11.4 Å². The van der Waals surface area contributed by atoms with E-state index in [4.69, 9.17) is 0 Å². The van der Waals surface area contributed by atoms with E-state index in [1.807, 2.05) is 48.7 Å². The number of Topliss-reactive ketones (excluding diaryl/α,β-unsaturated/α-hetero) is 1. The summed E-state index contributed by atoms with van der Waals surface area (Å²) >= 11 is 1.48. The van der Waals surface area contributed by atoms with E-state index >= 15 is 0 Å². The van der Waals surface area contributed by atoms with Gasteiger partial charge in [-0.25, -0.2) is 4.79 Å². The second-order valence-corrected chi connectivity index (χ2v) is 6.91. The van der Waals surface area contributed by atoms with E-state index in [0.717, 1.165) is 29.2 Å². The molecule has 0 aliphatic carbocycles. The van der Waals surface area contributed by atoms with E-state index in [2.05, 4.69) is 10.2 Å². The van der Waals surface area contributed by atoms with Crippen LogP contribution in [0.15, 0.2) is 41.8 Å². The zero-order valence-electron chi connectivity index (χ0n) is 13.7. The number of thiophene rings is 1. The first-order chi connectivity index (χ1) is 11.6. The minimum Gasteiger partial charge on any atom is -0.322 e. The molecule has 1 aromatic heterocycles. The third-order valence-electron chi connectivity index (χ3n) is 4.09. The standard InChI is InChI=1S/C18H21N3O2S/c1-14-4-2-5-15(12-14)19-18(23)21-9-7-20(8-10-21)13-16(22)17-6-3-11-24-17/h2-6,11-12H,7-10,13H2,1H3,(H,19,23). The van der Waals surface area contributed by atoms with Gasteiger partial charge in [0.25, 0.3) is 0 Å². The van der Waals surface area contributed by atoms with Crippen molar-refractivity contribution in [1.82, 2.24) is 9.80 Å². The molecule has 1 aromatic carbocycles. The molecular weight excluding hydrogens is 322 g/mol. The lowest BCUT2D eigenvalue weighted by molar-refractivity contribution is 0.0887. The molecule has 0 saturated carbocycles. The maximum Gasteiger partial charge on any atom is 0.321 e. The van der Waals surface area contributed by atoms with Crippen molar-refractivity contribution in [3.8, 4) is 0 Å².